The van der Waals surface area contributed by atoms with Crippen LogP contribution in [0.15, 0.2) is 12.4 Å². The van der Waals surface area contributed by atoms with Gasteiger partial charge in [-0.2, -0.15) is 0 Å². The molecule has 2 fully saturated rings. The molecule has 1 atom stereocenters. The molecule has 0 spiro atoms. The molecule has 6 heteroatoms. The number of rotatable bonds is 2. The van der Waals surface area contributed by atoms with Crippen LogP contribution >= 0.6 is 0 Å². The highest BCUT2D eigenvalue weighted by Gasteiger charge is 2.34. The number of anilines is 1. The fourth-order valence-corrected chi connectivity index (χ4v) is 3.19. The van der Waals surface area contributed by atoms with Crippen molar-refractivity contribution in [3.8, 4) is 0 Å². The summed E-state index contributed by atoms with van der Waals surface area (Å²) in [6.45, 7) is 2.84. The Hall–Kier alpha value is -1.30. The maximum absolute atomic E-state index is 13.2. The van der Waals surface area contributed by atoms with Gasteiger partial charge in [-0.05, 0) is 26.4 Å². The molecule has 0 bridgehead atoms. The van der Waals surface area contributed by atoms with Crippen LogP contribution < -0.4 is 4.90 Å². The lowest BCUT2D eigenvalue weighted by molar-refractivity contribution is -0.0221. The van der Waals surface area contributed by atoms with Gasteiger partial charge in [0.2, 0.25) is 0 Å². The van der Waals surface area contributed by atoms with Crippen molar-refractivity contribution in [3.05, 3.63) is 18.1 Å². The normalized spacial score (nSPS) is 26.8. The Morgan fingerprint density at radius 2 is 1.95 bits per heavy atom. The first-order valence-electron chi connectivity index (χ1n) is 7.67. The summed E-state index contributed by atoms with van der Waals surface area (Å²) in [5.74, 6) is -1.37. The van der Waals surface area contributed by atoms with Crippen molar-refractivity contribution in [2.24, 2.45) is 0 Å². The number of hydrogen-bond acceptors (Lipinski definition) is 4. The number of aromatic nitrogens is 2. The predicted octanol–water partition coefficient (Wildman–Crippen LogP) is 2.52. The van der Waals surface area contributed by atoms with Crippen LogP contribution in [-0.2, 0) is 0 Å². The van der Waals surface area contributed by atoms with Gasteiger partial charge in [-0.25, -0.2) is 13.8 Å². The van der Waals surface area contributed by atoms with Gasteiger partial charge in [-0.15, -0.1) is 0 Å². The summed E-state index contributed by atoms with van der Waals surface area (Å²) in [6, 6.07) is 0. The Bertz CT molecular complexity index is 484. The van der Waals surface area contributed by atoms with Crippen molar-refractivity contribution in [1.29, 1.82) is 0 Å². The van der Waals surface area contributed by atoms with Gasteiger partial charge < -0.3 is 9.80 Å². The fraction of sp³-hybridized carbons (Fsp3) is 0.733. The minimum absolute atomic E-state index is 0.0922. The Morgan fingerprint density at radius 3 is 2.67 bits per heavy atom. The van der Waals surface area contributed by atoms with Gasteiger partial charge in [0.25, 0.3) is 5.92 Å². The monoisotopic (exact) mass is 296 g/mol. The van der Waals surface area contributed by atoms with Crippen molar-refractivity contribution in [3.63, 3.8) is 0 Å². The van der Waals surface area contributed by atoms with Gasteiger partial charge in [0, 0.05) is 44.6 Å². The zero-order chi connectivity index (χ0) is 14.9. The van der Waals surface area contributed by atoms with Gasteiger partial charge in [-0.3, -0.25) is 4.98 Å². The molecule has 2 aliphatic heterocycles. The molecule has 1 aromatic rings. The Balaban J connectivity index is 1.71. The van der Waals surface area contributed by atoms with Gasteiger partial charge in [0.1, 0.15) is 5.82 Å². The molecule has 116 valence electrons. The zero-order valence-corrected chi connectivity index (χ0v) is 12.4. The van der Waals surface area contributed by atoms with E-state index >= 15 is 0 Å². The van der Waals surface area contributed by atoms with Crippen LogP contribution in [0.4, 0.5) is 14.6 Å². The number of piperidine rings is 2. The second kappa shape index (κ2) is 5.83. The first kappa shape index (κ1) is 14.6. The standard InChI is InChI=1S/C15H22F2N4/c1-20-6-2-3-12(11-20)13-9-18-10-14(19-13)21-7-4-15(16,17)5-8-21/h9-10,12H,2-8,11H2,1H3. The summed E-state index contributed by atoms with van der Waals surface area (Å²) in [5.41, 5.74) is 0.997. The first-order chi connectivity index (χ1) is 10.0. The molecule has 0 amide bonds. The first-order valence-corrected chi connectivity index (χ1v) is 7.67. The van der Waals surface area contributed by atoms with E-state index < -0.39 is 5.92 Å². The maximum atomic E-state index is 13.2. The van der Waals surface area contributed by atoms with Crippen LogP contribution in [0.25, 0.3) is 0 Å². The molecule has 0 radical (unpaired) electrons. The third kappa shape index (κ3) is 3.48. The Kier molecular flexibility index (Phi) is 4.06. The van der Waals surface area contributed by atoms with Crippen LogP contribution in [0.3, 0.4) is 0 Å². The van der Waals surface area contributed by atoms with E-state index in [2.05, 4.69) is 16.9 Å². The molecular formula is C15H22F2N4. The topological polar surface area (TPSA) is 32.3 Å². The summed E-state index contributed by atoms with van der Waals surface area (Å²) in [7, 11) is 2.12. The van der Waals surface area contributed by atoms with Gasteiger partial charge in [0.15, 0.2) is 0 Å². The van der Waals surface area contributed by atoms with Crippen molar-refractivity contribution >= 4 is 5.82 Å². The number of likely N-dealkylation sites (N-methyl/N-ethyl adjacent to an activating group) is 1. The van der Waals surface area contributed by atoms with Crippen LogP contribution in [0.1, 0.15) is 37.3 Å². The molecule has 0 N–H and O–H groups in total. The molecule has 21 heavy (non-hydrogen) atoms. The van der Waals surface area contributed by atoms with E-state index in [9.17, 15) is 8.78 Å². The molecule has 0 saturated carbocycles. The van der Waals surface area contributed by atoms with Crippen LogP contribution in [0.2, 0.25) is 0 Å². The summed E-state index contributed by atoms with van der Waals surface area (Å²) in [5, 5.41) is 0. The maximum Gasteiger partial charge on any atom is 0.251 e. The second-order valence-corrected chi connectivity index (χ2v) is 6.25. The van der Waals surface area contributed by atoms with Crippen LogP contribution in [0, 0.1) is 0 Å². The van der Waals surface area contributed by atoms with E-state index in [0.29, 0.717) is 19.0 Å². The van der Waals surface area contributed by atoms with E-state index in [1.54, 1.807) is 6.20 Å². The summed E-state index contributed by atoms with van der Waals surface area (Å²) in [4.78, 5) is 13.2. The highest BCUT2D eigenvalue weighted by molar-refractivity contribution is 5.37. The largest absolute Gasteiger partial charge is 0.355 e. The SMILES string of the molecule is CN1CCCC(c2cncc(N3CCC(F)(F)CC3)n2)C1. The lowest BCUT2D eigenvalue weighted by Gasteiger charge is -2.33. The lowest BCUT2D eigenvalue weighted by atomic mass is 9.95. The molecule has 2 saturated heterocycles. The number of hydrogen-bond donors (Lipinski definition) is 0. The summed E-state index contributed by atoms with van der Waals surface area (Å²) >= 11 is 0. The van der Waals surface area contributed by atoms with E-state index in [1.807, 2.05) is 11.1 Å². The molecule has 0 aliphatic carbocycles. The molecule has 1 unspecified atom stereocenters. The quantitative estimate of drug-likeness (QED) is 0.839. The molecule has 1 aromatic heterocycles. The minimum Gasteiger partial charge on any atom is -0.355 e. The van der Waals surface area contributed by atoms with Gasteiger partial charge in [0.05, 0.1) is 11.9 Å². The predicted molar refractivity (Wildman–Crippen MR) is 77.9 cm³/mol. The summed E-state index contributed by atoms with van der Waals surface area (Å²) in [6.07, 6.45) is 5.63. The smallest absolute Gasteiger partial charge is 0.251 e. The fourth-order valence-electron chi connectivity index (χ4n) is 3.19. The van der Waals surface area contributed by atoms with E-state index in [4.69, 9.17) is 4.98 Å². The van der Waals surface area contributed by atoms with Crippen molar-refractivity contribution in [1.82, 2.24) is 14.9 Å². The van der Waals surface area contributed by atoms with Gasteiger partial charge >= 0.3 is 0 Å². The Morgan fingerprint density at radius 1 is 1.19 bits per heavy atom. The highest BCUT2D eigenvalue weighted by Crippen LogP contribution is 2.30. The third-order valence-electron chi connectivity index (χ3n) is 4.50. The van der Waals surface area contributed by atoms with Crippen LogP contribution in [-0.4, -0.2) is 54.0 Å². The number of likely N-dealkylation sites (tertiary alicyclic amines) is 1. The minimum atomic E-state index is -2.52. The number of halogens is 2. The average Bonchev–Trinajstić information content (AvgIpc) is 2.47. The van der Waals surface area contributed by atoms with Gasteiger partial charge in [-0.1, -0.05) is 0 Å². The Labute approximate surface area is 124 Å². The van der Waals surface area contributed by atoms with Crippen molar-refractivity contribution < 1.29 is 8.78 Å². The number of alkyl halides is 2. The van der Waals surface area contributed by atoms with E-state index in [-0.39, 0.29) is 12.8 Å². The molecular weight excluding hydrogens is 274 g/mol. The second-order valence-electron chi connectivity index (χ2n) is 6.25. The molecule has 4 nitrogen and oxygen atoms in total. The lowest BCUT2D eigenvalue weighted by Crippen LogP contribution is -2.40. The van der Waals surface area contributed by atoms with Crippen molar-refractivity contribution in [2.45, 2.75) is 37.5 Å². The highest BCUT2D eigenvalue weighted by atomic mass is 19.3. The average molecular weight is 296 g/mol. The zero-order valence-electron chi connectivity index (χ0n) is 12.4. The molecule has 2 aliphatic rings. The molecule has 3 heterocycles. The molecule has 0 aromatic carbocycles. The van der Waals surface area contributed by atoms with E-state index in [1.165, 1.54) is 6.42 Å². The van der Waals surface area contributed by atoms with Crippen LogP contribution in [0.5, 0.6) is 0 Å². The number of nitrogens with zero attached hydrogens (tertiary/aromatic N) is 4. The summed E-state index contributed by atoms with van der Waals surface area (Å²) < 4.78 is 26.5. The van der Waals surface area contributed by atoms with Crippen molar-refractivity contribution in [2.75, 3.05) is 38.1 Å². The third-order valence-corrected chi connectivity index (χ3v) is 4.50. The van der Waals surface area contributed by atoms with E-state index in [0.717, 1.165) is 31.0 Å². The molecule has 3 rings (SSSR count).